The highest BCUT2D eigenvalue weighted by Gasteiger charge is 2.46. The molecule has 1 unspecified atom stereocenters. The molecule has 2 N–H and O–H groups in total. The van der Waals surface area contributed by atoms with E-state index in [1.165, 1.54) is 0 Å². The lowest BCUT2D eigenvalue weighted by atomic mass is 9.84. The number of benzene rings is 2. The highest BCUT2D eigenvalue weighted by atomic mass is 19.4. The van der Waals surface area contributed by atoms with Crippen molar-refractivity contribution < 1.29 is 23.1 Å². The fourth-order valence-electron chi connectivity index (χ4n) is 3.49. The summed E-state index contributed by atoms with van der Waals surface area (Å²) >= 11 is 0. The molecule has 6 heteroatoms. The van der Waals surface area contributed by atoms with Crippen LogP contribution in [-0.4, -0.2) is 22.8 Å². The average molecular weight is 337 g/mol. The molecule has 0 bridgehead atoms. The molecule has 1 atom stereocenters. The molecule has 1 amide bonds. The Hall–Kier alpha value is -2.08. The van der Waals surface area contributed by atoms with E-state index >= 15 is 0 Å². The van der Waals surface area contributed by atoms with Crippen LogP contribution in [-0.2, 0) is 4.79 Å². The number of hydrogen-bond donors (Lipinski definition) is 2. The Bertz CT molecular complexity index is 746. The van der Waals surface area contributed by atoms with Gasteiger partial charge >= 0.3 is 12.1 Å². The van der Waals surface area contributed by atoms with Gasteiger partial charge in [-0.1, -0.05) is 55.3 Å². The van der Waals surface area contributed by atoms with E-state index in [-0.39, 0.29) is 0 Å². The average Bonchev–Trinajstić information content (AvgIpc) is 2.98. The highest BCUT2D eigenvalue weighted by Crippen LogP contribution is 2.42. The highest BCUT2D eigenvalue weighted by molar-refractivity contribution is 5.88. The fraction of sp³-hybridized carbons (Fsp3) is 0.389. The number of aliphatic hydroxyl groups is 1. The first kappa shape index (κ1) is 16.8. The lowest BCUT2D eigenvalue weighted by Crippen LogP contribution is -2.48. The first-order chi connectivity index (χ1) is 11.3. The van der Waals surface area contributed by atoms with Gasteiger partial charge in [0.2, 0.25) is 0 Å². The smallest absolute Gasteiger partial charge is 0.387 e. The summed E-state index contributed by atoms with van der Waals surface area (Å²) in [6.45, 7) is 0. The molecule has 1 fully saturated rings. The normalized spacial score (nSPS) is 18.5. The third kappa shape index (κ3) is 3.11. The zero-order chi connectivity index (χ0) is 17.4. The quantitative estimate of drug-likeness (QED) is 0.893. The first-order valence-corrected chi connectivity index (χ1v) is 7.89. The van der Waals surface area contributed by atoms with E-state index in [1.54, 1.807) is 24.3 Å². The van der Waals surface area contributed by atoms with Gasteiger partial charge in [0.15, 0.2) is 0 Å². The third-order valence-electron chi connectivity index (χ3n) is 4.67. The van der Waals surface area contributed by atoms with E-state index in [0.717, 1.165) is 23.6 Å². The summed E-state index contributed by atoms with van der Waals surface area (Å²) in [5.74, 6) is -2.03. The monoisotopic (exact) mass is 337 g/mol. The fourth-order valence-corrected chi connectivity index (χ4v) is 3.49. The number of alkyl halides is 3. The van der Waals surface area contributed by atoms with Crippen molar-refractivity contribution in [2.24, 2.45) is 0 Å². The summed E-state index contributed by atoms with van der Waals surface area (Å²) in [5.41, 5.74) is -0.861. The predicted molar refractivity (Wildman–Crippen MR) is 84.3 cm³/mol. The largest absolute Gasteiger partial charge is 0.471 e. The van der Waals surface area contributed by atoms with Crippen LogP contribution in [0.15, 0.2) is 42.5 Å². The third-order valence-corrected chi connectivity index (χ3v) is 4.67. The van der Waals surface area contributed by atoms with E-state index in [0.29, 0.717) is 18.4 Å². The van der Waals surface area contributed by atoms with E-state index in [9.17, 15) is 23.1 Å². The number of amides is 1. The molecule has 0 aromatic heterocycles. The van der Waals surface area contributed by atoms with Gasteiger partial charge in [-0.15, -0.1) is 0 Å². The van der Waals surface area contributed by atoms with Crippen LogP contribution in [0.5, 0.6) is 0 Å². The summed E-state index contributed by atoms with van der Waals surface area (Å²) in [6.07, 6.45) is -2.82. The van der Waals surface area contributed by atoms with Crippen molar-refractivity contribution in [2.75, 3.05) is 0 Å². The van der Waals surface area contributed by atoms with Crippen molar-refractivity contribution >= 4 is 16.7 Å². The number of halogens is 3. The first-order valence-electron chi connectivity index (χ1n) is 7.89. The molecule has 3 rings (SSSR count). The van der Waals surface area contributed by atoms with Gasteiger partial charge in [-0.2, -0.15) is 13.2 Å². The van der Waals surface area contributed by atoms with Gasteiger partial charge in [0.25, 0.3) is 0 Å². The Morgan fingerprint density at radius 1 is 1.08 bits per heavy atom. The van der Waals surface area contributed by atoms with Gasteiger partial charge in [0, 0.05) is 0 Å². The van der Waals surface area contributed by atoms with Gasteiger partial charge in [0.1, 0.15) is 0 Å². The van der Waals surface area contributed by atoms with Crippen molar-refractivity contribution in [2.45, 2.75) is 43.5 Å². The Labute approximate surface area is 137 Å². The number of nitrogens with one attached hydrogen (secondary N) is 1. The van der Waals surface area contributed by atoms with Crippen LogP contribution in [0.2, 0.25) is 0 Å². The minimum atomic E-state index is -4.99. The minimum absolute atomic E-state index is 0.360. The van der Waals surface area contributed by atoms with Crippen LogP contribution in [0.4, 0.5) is 13.2 Å². The number of carbonyl (C=O) groups is 1. The summed E-state index contributed by atoms with van der Waals surface area (Å²) in [4.78, 5) is 11.5. The Kier molecular flexibility index (Phi) is 4.25. The zero-order valence-electron chi connectivity index (χ0n) is 12.9. The minimum Gasteiger partial charge on any atom is -0.387 e. The summed E-state index contributed by atoms with van der Waals surface area (Å²) in [5, 5.41) is 14.5. The van der Waals surface area contributed by atoms with Crippen molar-refractivity contribution in [1.82, 2.24) is 5.32 Å². The molecule has 3 nitrogen and oxygen atoms in total. The van der Waals surface area contributed by atoms with Crippen molar-refractivity contribution in [3.05, 3.63) is 48.0 Å². The van der Waals surface area contributed by atoms with Crippen LogP contribution >= 0.6 is 0 Å². The molecule has 0 heterocycles. The Morgan fingerprint density at radius 2 is 1.71 bits per heavy atom. The van der Waals surface area contributed by atoms with Crippen molar-refractivity contribution in [1.29, 1.82) is 0 Å². The van der Waals surface area contributed by atoms with Crippen LogP contribution < -0.4 is 5.32 Å². The van der Waals surface area contributed by atoms with E-state index < -0.39 is 23.7 Å². The molecule has 0 aliphatic heterocycles. The SMILES string of the molecule is O=C(NC(c1cccc2ccccc12)C1(O)CCCC1)C(F)(F)F. The maximum absolute atomic E-state index is 12.8. The second-order valence-electron chi connectivity index (χ2n) is 6.28. The van der Waals surface area contributed by atoms with E-state index in [1.807, 2.05) is 23.5 Å². The van der Waals surface area contributed by atoms with Crippen molar-refractivity contribution in [3.8, 4) is 0 Å². The lowest BCUT2D eigenvalue weighted by Gasteiger charge is -2.34. The Balaban J connectivity index is 2.08. The van der Waals surface area contributed by atoms with Gasteiger partial charge in [0.05, 0.1) is 11.6 Å². The van der Waals surface area contributed by atoms with Gasteiger partial charge < -0.3 is 10.4 Å². The molecule has 1 aliphatic carbocycles. The summed E-state index contributed by atoms with van der Waals surface area (Å²) < 4.78 is 38.3. The van der Waals surface area contributed by atoms with Crippen LogP contribution in [0.3, 0.4) is 0 Å². The van der Waals surface area contributed by atoms with Gasteiger partial charge in [-0.05, 0) is 29.2 Å². The maximum Gasteiger partial charge on any atom is 0.471 e. The predicted octanol–water partition coefficient (Wildman–Crippen LogP) is 3.86. The lowest BCUT2D eigenvalue weighted by molar-refractivity contribution is -0.176. The molecule has 2 aromatic rings. The standard InChI is InChI=1S/C18H18F3NO2/c19-18(20,21)16(23)22-15(17(24)10-3-4-11-17)14-9-5-7-12-6-1-2-8-13(12)14/h1-2,5-9,15,24H,3-4,10-11H2,(H,22,23). The maximum atomic E-state index is 12.8. The van der Waals surface area contributed by atoms with Crippen molar-refractivity contribution in [3.63, 3.8) is 0 Å². The number of carbonyl (C=O) groups excluding carboxylic acids is 1. The molecule has 128 valence electrons. The molecule has 24 heavy (non-hydrogen) atoms. The topological polar surface area (TPSA) is 49.3 Å². The number of fused-ring (bicyclic) bond motifs is 1. The molecule has 1 saturated carbocycles. The second kappa shape index (κ2) is 6.09. The molecule has 2 aromatic carbocycles. The molecular formula is C18H18F3NO2. The van der Waals surface area contributed by atoms with E-state index in [4.69, 9.17) is 0 Å². The number of rotatable bonds is 3. The van der Waals surface area contributed by atoms with Gasteiger partial charge in [-0.25, -0.2) is 0 Å². The molecule has 0 spiro atoms. The van der Waals surface area contributed by atoms with E-state index in [2.05, 4.69) is 0 Å². The van der Waals surface area contributed by atoms with Crippen LogP contribution in [0, 0.1) is 0 Å². The number of hydrogen-bond acceptors (Lipinski definition) is 2. The van der Waals surface area contributed by atoms with Crippen LogP contribution in [0.1, 0.15) is 37.3 Å². The zero-order valence-corrected chi connectivity index (χ0v) is 12.9. The summed E-state index contributed by atoms with van der Waals surface area (Å²) in [7, 11) is 0. The summed E-state index contributed by atoms with van der Waals surface area (Å²) in [6, 6.07) is 11.4. The molecular weight excluding hydrogens is 319 g/mol. The molecule has 1 aliphatic rings. The Morgan fingerprint density at radius 3 is 2.38 bits per heavy atom. The van der Waals surface area contributed by atoms with Gasteiger partial charge in [-0.3, -0.25) is 4.79 Å². The van der Waals surface area contributed by atoms with Crippen LogP contribution in [0.25, 0.3) is 10.8 Å². The second-order valence-corrected chi connectivity index (χ2v) is 6.28. The molecule has 0 radical (unpaired) electrons. The molecule has 0 saturated heterocycles.